The Kier molecular flexibility index (Phi) is 4.99. The van der Waals surface area contributed by atoms with E-state index in [1.807, 2.05) is 18.3 Å². The third-order valence-electron chi connectivity index (χ3n) is 2.56. The summed E-state index contributed by atoms with van der Waals surface area (Å²) in [4.78, 5) is 4.15. The van der Waals surface area contributed by atoms with Crippen LogP contribution in [0.4, 0.5) is 0 Å². The Balaban J connectivity index is 2.49. The fourth-order valence-corrected chi connectivity index (χ4v) is 1.54. The van der Waals surface area contributed by atoms with Crippen LogP contribution in [0.3, 0.4) is 0 Å². The molecule has 0 aliphatic heterocycles. The van der Waals surface area contributed by atoms with Crippen LogP contribution in [0.5, 0.6) is 5.88 Å². The van der Waals surface area contributed by atoms with E-state index in [4.69, 9.17) is 10.5 Å². The van der Waals surface area contributed by atoms with E-state index >= 15 is 0 Å². The highest BCUT2D eigenvalue weighted by molar-refractivity contribution is 5.18. The fraction of sp³-hybridized carbons (Fsp3) is 0.462. The molecule has 1 rings (SSSR count). The van der Waals surface area contributed by atoms with Crippen molar-refractivity contribution in [2.75, 3.05) is 7.11 Å². The zero-order valence-corrected chi connectivity index (χ0v) is 10.1. The quantitative estimate of drug-likeness (QED) is 0.748. The summed E-state index contributed by atoms with van der Waals surface area (Å²) >= 11 is 0. The first-order valence-electron chi connectivity index (χ1n) is 5.56. The maximum atomic E-state index is 6.03. The molecule has 1 aromatic heterocycles. The van der Waals surface area contributed by atoms with Crippen LogP contribution in [0.25, 0.3) is 0 Å². The van der Waals surface area contributed by atoms with E-state index in [1.165, 1.54) is 5.57 Å². The van der Waals surface area contributed by atoms with Crippen molar-refractivity contribution in [3.05, 3.63) is 36.0 Å². The molecule has 88 valence electrons. The molecule has 3 nitrogen and oxygen atoms in total. The van der Waals surface area contributed by atoms with Crippen molar-refractivity contribution in [3.63, 3.8) is 0 Å². The molecule has 1 heterocycles. The molecule has 0 aliphatic carbocycles. The van der Waals surface area contributed by atoms with Gasteiger partial charge in [0.2, 0.25) is 5.88 Å². The minimum atomic E-state index is 0.127. The van der Waals surface area contributed by atoms with Gasteiger partial charge in [-0.15, -0.1) is 0 Å². The number of pyridine rings is 1. The van der Waals surface area contributed by atoms with E-state index in [9.17, 15) is 0 Å². The Labute approximate surface area is 97.3 Å². The van der Waals surface area contributed by atoms with Gasteiger partial charge in [-0.25, -0.2) is 4.98 Å². The van der Waals surface area contributed by atoms with Crippen LogP contribution in [0.15, 0.2) is 30.5 Å². The van der Waals surface area contributed by atoms with E-state index in [0.717, 1.165) is 24.8 Å². The van der Waals surface area contributed by atoms with Crippen LogP contribution < -0.4 is 10.5 Å². The molecule has 2 N–H and O–H groups in total. The molecule has 0 saturated heterocycles. The predicted octanol–water partition coefficient (Wildman–Crippen LogP) is 2.32. The second-order valence-electron chi connectivity index (χ2n) is 3.98. The lowest BCUT2D eigenvalue weighted by molar-refractivity contribution is 0.397. The number of hydrogen-bond donors (Lipinski definition) is 1. The molecule has 1 unspecified atom stereocenters. The minimum Gasteiger partial charge on any atom is -0.481 e. The third-order valence-corrected chi connectivity index (χ3v) is 2.56. The first-order valence-corrected chi connectivity index (χ1v) is 5.56. The van der Waals surface area contributed by atoms with Crippen LogP contribution in [-0.4, -0.2) is 18.1 Å². The fourth-order valence-electron chi connectivity index (χ4n) is 1.54. The van der Waals surface area contributed by atoms with Crippen LogP contribution in [0.2, 0.25) is 0 Å². The highest BCUT2D eigenvalue weighted by atomic mass is 16.5. The molecule has 16 heavy (non-hydrogen) atoms. The third kappa shape index (κ3) is 4.03. The molecule has 0 bridgehead atoms. The number of ether oxygens (including phenoxy) is 1. The Morgan fingerprint density at radius 3 is 2.81 bits per heavy atom. The van der Waals surface area contributed by atoms with Crippen molar-refractivity contribution >= 4 is 0 Å². The van der Waals surface area contributed by atoms with Crippen LogP contribution in [0, 0.1) is 0 Å². The van der Waals surface area contributed by atoms with Crippen molar-refractivity contribution in [2.45, 2.75) is 32.2 Å². The Bertz CT molecular complexity index is 332. The van der Waals surface area contributed by atoms with E-state index < -0.39 is 0 Å². The number of hydrogen-bond acceptors (Lipinski definition) is 3. The smallest absolute Gasteiger partial charge is 0.212 e. The van der Waals surface area contributed by atoms with Crippen LogP contribution >= 0.6 is 0 Å². The number of nitrogens with zero attached hydrogens (tertiary/aromatic N) is 1. The summed E-state index contributed by atoms with van der Waals surface area (Å²) in [6, 6.07) is 3.99. The zero-order chi connectivity index (χ0) is 12.0. The maximum absolute atomic E-state index is 6.03. The van der Waals surface area contributed by atoms with Gasteiger partial charge in [0.05, 0.1) is 7.11 Å². The predicted molar refractivity (Wildman–Crippen MR) is 66.5 cm³/mol. The number of rotatable bonds is 6. The summed E-state index contributed by atoms with van der Waals surface area (Å²) in [6.07, 6.45) is 4.51. The van der Waals surface area contributed by atoms with Gasteiger partial charge in [0, 0.05) is 18.3 Å². The molecule has 3 heteroatoms. The monoisotopic (exact) mass is 220 g/mol. The van der Waals surface area contributed by atoms with Gasteiger partial charge in [-0.3, -0.25) is 0 Å². The molecule has 0 amide bonds. The lowest BCUT2D eigenvalue weighted by atomic mass is 10.0. The molecule has 0 saturated carbocycles. The molecule has 0 aromatic carbocycles. The van der Waals surface area contributed by atoms with Gasteiger partial charge < -0.3 is 10.5 Å². The number of nitrogens with two attached hydrogens (primary N) is 1. The molecular weight excluding hydrogens is 200 g/mol. The SMILES string of the molecule is C=C(CC)CC(N)Cc1ccc(OC)nc1. The van der Waals surface area contributed by atoms with Gasteiger partial charge in [-0.05, 0) is 24.8 Å². The standard InChI is InChI=1S/C13H20N2O/c1-4-10(2)7-12(14)8-11-5-6-13(16-3)15-9-11/h5-6,9,12H,2,4,7-8,14H2,1,3H3. The van der Waals surface area contributed by atoms with Crippen molar-refractivity contribution in [2.24, 2.45) is 5.73 Å². The van der Waals surface area contributed by atoms with Gasteiger partial charge in [0.25, 0.3) is 0 Å². The number of methoxy groups -OCH3 is 1. The van der Waals surface area contributed by atoms with Crippen LogP contribution in [-0.2, 0) is 6.42 Å². The summed E-state index contributed by atoms with van der Waals surface area (Å²) in [5, 5.41) is 0. The van der Waals surface area contributed by atoms with E-state index in [2.05, 4.69) is 18.5 Å². The van der Waals surface area contributed by atoms with E-state index in [1.54, 1.807) is 7.11 Å². The van der Waals surface area contributed by atoms with Gasteiger partial charge in [-0.1, -0.05) is 25.1 Å². The Hall–Kier alpha value is -1.35. The van der Waals surface area contributed by atoms with Gasteiger partial charge in [0.15, 0.2) is 0 Å². The lowest BCUT2D eigenvalue weighted by Crippen LogP contribution is -2.23. The first kappa shape index (κ1) is 12.7. The molecule has 0 aliphatic rings. The maximum Gasteiger partial charge on any atom is 0.212 e. The molecule has 1 aromatic rings. The summed E-state index contributed by atoms with van der Waals surface area (Å²) in [5.74, 6) is 0.635. The Morgan fingerprint density at radius 1 is 1.56 bits per heavy atom. The summed E-state index contributed by atoms with van der Waals surface area (Å²) in [6.45, 7) is 6.07. The van der Waals surface area contributed by atoms with Crippen molar-refractivity contribution in [3.8, 4) is 5.88 Å². The van der Waals surface area contributed by atoms with Gasteiger partial charge >= 0.3 is 0 Å². The van der Waals surface area contributed by atoms with E-state index in [-0.39, 0.29) is 6.04 Å². The largest absolute Gasteiger partial charge is 0.481 e. The molecule has 1 atom stereocenters. The first-order chi connectivity index (χ1) is 7.65. The zero-order valence-electron chi connectivity index (χ0n) is 10.1. The average Bonchev–Trinajstić information content (AvgIpc) is 2.29. The van der Waals surface area contributed by atoms with Gasteiger partial charge in [-0.2, -0.15) is 0 Å². The highest BCUT2D eigenvalue weighted by Gasteiger charge is 2.06. The van der Waals surface area contributed by atoms with Crippen molar-refractivity contribution in [1.82, 2.24) is 4.98 Å². The summed E-state index contributed by atoms with van der Waals surface area (Å²) in [5.41, 5.74) is 8.37. The normalized spacial score (nSPS) is 12.2. The molecular formula is C13H20N2O. The lowest BCUT2D eigenvalue weighted by Gasteiger charge is -2.12. The average molecular weight is 220 g/mol. The Morgan fingerprint density at radius 2 is 2.31 bits per heavy atom. The topological polar surface area (TPSA) is 48.1 Å². The second kappa shape index (κ2) is 6.28. The van der Waals surface area contributed by atoms with Crippen molar-refractivity contribution in [1.29, 1.82) is 0 Å². The molecule has 0 radical (unpaired) electrons. The second-order valence-corrected chi connectivity index (χ2v) is 3.98. The minimum absolute atomic E-state index is 0.127. The molecule has 0 spiro atoms. The van der Waals surface area contributed by atoms with E-state index in [0.29, 0.717) is 5.88 Å². The van der Waals surface area contributed by atoms with Gasteiger partial charge in [0.1, 0.15) is 0 Å². The number of aromatic nitrogens is 1. The van der Waals surface area contributed by atoms with Crippen LogP contribution in [0.1, 0.15) is 25.3 Å². The highest BCUT2D eigenvalue weighted by Crippen LogP contribution is 2.12. The van der Waals surface area contributed by atoms with Crippen molar-refractivity contribution < 1.29 is 4.74 Å². The summed E-state index contributed by atoms with van der Waals surface area (Å²) < 4.78 is 5.00. The molecule has 0 fully saturated rings. The summed E-state index contributed by atoms with van der Waals surface area (Å²) in [7, 11) is 1.61.